The topological polar surface area (TPSA) is 74.1 Å². The Morgan fingerprint density at radius 3 is 2.95 bits per heavy atom. The van der Waals surface area contributed by atoms with Crippen LogP contribution in [0.25, 0.3) is 0 Å². The monoisotopic (exact) mass is 349 g/mol. The van der Waals surface area contributed by atoms with Gasteiger partial charge in [-0.25, -0.2) is 0 Å². The molecule has 0 bridgehead atoms. The van der Waals surface area contributed by atoms with Gasteiger partial charge in [0, 0.05) is 34.5 Å². The van der Waals surface area contributed by atoms with Crippen LogP contribution in [0.1, 0.15) is 35.6 Å². The van der Waals surface area contributed by atoms with Gasteiger partial charge in [-0.3, -0.25) is 10.1 Å². The van der Waals surface area contributed by atoms with Crippen molar-refractivity contribution < 1.29 is 4.92 Å². The number of fused-ring (bicyclic) bond motifs is 1. The lowest BCUT2D eigenvalue weighted by molar-refractivity contribution is -0.385. The second kappa shape index (κ2) is 5.61. The number of nitrogens with two attached hydrogens (primary N) is 1. The van der Waals surface area contributed by atoms with Gasteiger partial charge in [-0.05, 0) is 42.5 Å². The Morgan fingerprint density at radius 1 is 1.43 bits per heavy atom. The highest BCUT2D eigenvalue weighted by Crippen LogP contribution is 2.30. The molecule has 0 radical (unpaired) electrons. The van der Waals surface area contributed by atoms with E-state index in [1.165, 1.54) is 11.1 Å². The highest BCUT2D eigenvalue weighted by atomic mass is 79.9. The lowest BCUT2D eigenvalue weighted by atomic mass is 9.92. The SMILES string of the molecule is NC1CCCc2cn(Cc3ccc(Br)cc3[N+](=O)[O-])cc21. The molecular weight excluding hydrogens is 334 g/mol. The molecule has 2 N–H and O–H groups in total. The zero-order valence-corrected chi connectivity index (χ0v) is 13.0. The minimum Gasteiger partial charge on any atom is -0.349 e. The van der Waals surface area contributed by atoms with Gasteiger partial charge in [0.2, 0.25) is 0 Å². The molecule has 1 aromatic carbocycles. The van der Waals surface area contributed by atoms with Crippen molar-refractivity contribution in [2.24, 2.45) is 5.73 Å². The molecule has 0 fully saturated rings. The summed E-state index contributed by atoms with van der Waals surface area (Å²) < 4.78 is 2.72. The van der Waals surface area contributed by atoms with Crippen LogP contribution in [-0.4, -0.2) is 9.49 Å². The van der Waals surface area contributed by atoms with E-state index < -0.39 is 0 Å². The fraction of sp³-hybridized carbons (Fsp3) is 0.333. The Hall–Kier alpha value is -1.66. The van der Waals surface area contributed by atoms with E-state index in [-0.39, 0.29) is 16.7 Å². The van der Waals surface area contributed by atoms with Crippen molar-refractivity contribution in [2.45, 2.75) is 31.8 Å². The number of nitro benzene ring substituents is 1. The van der Waals surface area contributed by atoms with Crippen LogP contribution < -0.4 is 5.73 Å². The first-order valence-corrected chi connectivity index (χ1v) is 7.71. The van der Waals surface area contributed by atoms with E-state index in [1.807, 2.05) is 16.8 Å². The number of aryl methyl sites for hydroxylation is 1. The number of halogens is 1. The van der Waals surface area contributed by atoms with E-state index in [0.29, 0.717) is 16.6 Å². The van der Waals surface area contributed by atoms with Gasteiger partial charge in [-0.2, -0.15) is 0 Å². The molecule has 1 aromatic heterocycles. The predicted octanol–water partition coefficient (Wildman–Crippen LogP) is 3.54. The molecule has 21 heavy (non-hydrogen) atoms. The van der Waals surface area contributed by atoms with Crippen LogP contribution in [0.5, 0.6) is 0 Å². The Kier molecular flexibility index (Phi) is 3.82. The van der Waals surface area contributed by atoms with E-state index in [2.05, 4.69) is 22.1 Å². The standard InChI is InChI=1S/C15H16BrN3O2/c16-12-5-4-11(15(6-12)19(20)21)8-18-7-10-2-1-3-14(17)13(10)9-18/h4-7,9,14H,1-3,8,17H2. The van der Waals surface area contributed by atoms with Crippen LogP contribution in [-0.2, 0) is 13.0 Å². The Morgan fingerprint density at radius 2 is 2.24 bits per heavy atom. The third kappa shape index (κ3) is 2.87. The molecule has 6 heteroatoms. The summed E-state index contributed by atoms with van der Waals surface area (Å²) in [4.78, 5) is 10.8. The minimum atomic E-state index is -0.338. The van der Waals surface area contributed by atoms with Crippen LogP contribution in [0.2, 0.25) is 0 Å². The van der Waals surface area contributed by atoms with E-state index in [0.717, 1.165) is 19.3 Å². The molecule has 110 valence electrons. The molecule has 1 heterocycles. The average molecular weight is 350 g/mol. The Labute approximate surface area is 131 Å². The number of hydrogen-bond acceptors (Lipinski definition) is 3. The van der Waals surface area contributed by atoms with Crippen molar-refractivity contribution in [1.29, 1.82) is 0 Å². The molecule has 0 aliphatic heterocycles. The number of nitrogens with zero attached hydrogens (tertiary/aromatic N) is 2. The molecule has 0 saturated carbocycles. The summed E-state index contributed by atoms with van der Waals surface area (Å²) in [6.07, 6.45) is 7.26. The lowest BCUT2D eigenvalue weighted by Gasteiger charge is -2.17. The number of benzene rings is 1. The van der Waals surface area contributed by atoms with Crippen molar-refractivity contribution in [3.8, 4) is 0 Å². The predicted molar refractivity (Wildman–Crippen MR) is 84.2 cm³/mol. The summed E-state index contributed by atoms with van der Waals surface area (Å²) in [5, 5.41) is 11.2. The third-order valence-electron chi connectivity index (χ3n) is 3.96. The number of hydrogen-bond donors (Lipinski definition) is 1. The smallest absolute Gasteiger partial charge is 0.275 e. The maximum Gasteiger partial charge on any atom is 0.275 e. The van der Waals surface area contributed by atoms with E-state index >= 15 is 0 Å². The first kappa shape index (κ1) is 14.3. The summed E-state index contributed by atoms with van der Waals surface area (Å²) in [7, 11) is 0. The van der Waals surface area contributed by atoms with Crippen molar-refractivity contribution in [2.75, 3.05) is 0 Å². The van der Waals surface area contributed by atoms with Gasteiger partial charge in [0.05, 0.1) is 11.5 Å². The van der Waals surface area contributed by atoms with Gasteiger partial charge < -0.3 is 10.3 Å². The summed E-state index contributed by atoms with van der Waals surface area (Å²) in [5.41, 5.74) is 9.41. The summed E-state index contributed by atoms with van der Waals surface area (Å²) in [5.74, 6) is 0. The molecule has 3 rings (SSSR count). The molecule has 5 nitrogen and oxygen atoms in total. The van der Waals surface area contributed by atoms with Crippen molar-refractivity contribution >= 4 is 21.6 Å². The second-order valence-electron chi connectivity index (χ2n) is 5.44. The van der Waals surface area contributed by atoms with Crippen LogP contribution in [0.3, 0.4) is 0 Å². The van der Waals surface area contributed by atoms with E-state index in [1.54, 1.807) is 12.1 Å². The van der Waals surface area contributed by atoms with Crippen molar-refractivity contribution in [3.05, 3.63) is 61.9 Å². The van der Waals surface area contributed by atoms with Gasteiger partial charge in [0.15, 0.2) is 0 Å². The van der Waals surface area contributed by atoms with Crippen LogP contribution in [0.4, 0.5) is 5.69 Å². The fourth-order valence-corrected chi connectivity index (χ4v) is 3.26. The number of aromatic nitrogens is 1. The highest BCUT2D eigenvalue weighted by Gasteiger charge is 2.20. The third-order valence-corrected chi connectivity index (χ3v) is 4.45. The summed E-state index contributed by atoms with van der Waals surface area (Å²) in [6, 6.07) is 5.26. The average Bonchev–Trinajstić information content (AvgIpc) is 2.85. The zero-order chi connectivity index (χ0) is 15.0. The quantitative estimate of drug-likeness (QED) is 0.680. The van der Waals surface area contributed by atoms with Gasteiger partial charge in [0.25, 0.3) is 5.69 Å². The Bertz CT molecular complexity index is 696. The lowest BCUT2D eigenvalue weighted by Crippen LogP contribution is -2.15. The fourth-order valence-electron chi connectivity index (χ4n) is 2.91. The van der Waals surface area contributed by atoms with Crippen molar-refractivity contribution in [3.63, 3.8) is 0 Å². The van der Waals surface area contributed by atoms with Crippen LogP contribution >= 0.6 is 15.9 Å². The highest BCUT2D eigenvalue weighted by molar-refractivity contribution is 9.10. The molecule has 1 aliphatic rings. The molecule has 0 amide bonds. The molecular formula is C15H16BrN3O2. The molecule has 1 unspecified atom stereocenters. The number of rotatable bonds is 3. The van der Waals surface area contributed by atoms with Gasteiger partial charge in [-0.15, -0.1) is 0 Å². The molecule has 1 atom stereocenters. The van der Waals surface area contributed by atoms with Crippen LogP contribution in [0, 0.1) is 10.1 Å². The van der Waals surface area contributed by atoms with Gasteiger partial charge in [0.1, 0.15) is 0 Å². The summed E-state index contributed by atoms with van der Waals surface area (Å²) >= 11 is 3.28. The summed E-state index contributed by atoms with van der Waals surface area (Å²) in [6.45, 7) is 0.489. The largest absolute Gasteiger partial charge is 0.349 e. The van der Waals surface area contributed by atoms with Gasteiger partial charge >= 0.3 is 0 Å². The first-order valence-electron chi connectivity index (χ1n) is 6.91. The maximum atomic E-state index is 11.2. The van der Waals surface area contributed by atoms with Crippen molar-refractivity contribution in [1.82, 2.24) is 4.57 Å². The first-order chi connectivity index (χ1) is 10.0. The maximum absolute atomic E-state index is 11.2. The molecule has 1 aliphatic carbocycles. The second-order valence-corrected chi connectivity index (χ2v) is 6.36. The van der Waals surface area contributed by atoms with E-state index in [4.69, 9.17) is 5.73 Å². The molecule has 0 spiro atoms. The van der Waals surface area contributed by atoms with Gasteiger partial charge in [-0.1, -0.05) is 15.9 Å². The Balaban J connectivity index is 1.92. The normalized spacial score (nSPS) is 17.5. The van der Waals surface area contributed by atoms with E-state index in [9.17, 15) is 10.1 Å². The minimum absolute atomic E-state index is 0.0925. The van der Waals surface area contributed by atoms with Crippen LogP contribution in [0.15, 0.2) is 35.1 Å². The number of nitro groups is 1. The molecule has 2 aromatic rings. The molecule has 0 saturated heterocycles. The zero-order valence-electron chi connectivity index (χ0n) is 11.5.